The number of carbonyl (C=O) groups is 1. The van der Waals surface area contributed by atoms with Gasteiger partial charge in [-0.3, -0.25) is 4.79 Å². The van der Waals surface area contributed by atoms with E-state index >= 15 is 0 Å². The van der Waals surface area contributed by atoms with Gasteiger partial charge in [0.25, 0.3) is 0 Å². The molecule has 0 saturated carbocycles. The van der Waals surface area contributed by atoms with E-state index in [2.05, 4.69) is 10.6 Å². The predicted octanol–water partition coefficient (Wildman–Crippen LogP) is 2.14. The van der Waals surface area contributed by atoms with Crippen molar-refractivity contribution in [3.05, 3.63) is 29.6 Å². The van der Waals surface area contributed by atoms with Crippen molar-refractivity contribution in [2.24, 2.45) is 0 Å². The van der Waals surface area contributed by atoms with Crippen LogP contribution in [0.4, 0.5) is 23.2 Å². The van der Waals surface area contributed by atoms with Crippen molar-refractivity contribution in [2.75, 3.05) is 11.9 Å². The molecule has 3 nitrogen and oxygen atoms in total. The molecular weight excluding hydrogens is 252 g/mol. The molecule has 0 bridgehead atoms. The van der Waals surface area contributed by atoms with Crippen molar-refractivity contribution in [1.29, 1.82) is 0 Å². The highest BCUT2D eigenvalue weighted by Gasteiger charge is 2.34. The van der Waals surface area contributed by atoms with Gasteiger partial charge in [0.05, 0.1) is 11.6 Å². The first-order valence-corrected chi connectivity index (χ1v) is 5.29. The van der Waals surface area contributed by atoms with Crippen molar-refractivity contribution in [3.8, 4) is 0 Å². The fourth-order valence-corrected chi connectivity index (χ4v) is 1.56. The van der Waals surface area contributed by atoms with E-state index in [1.165, 1.54) is 0 Å². The van der Waals surface area contributed by atoms with Crippen LogP contribution in [0.25, 0.3) is 0 Å². The van der Waals surface area contributed by atoms with E-state index in [-0.39, 0.29) is 17.6 Å². The lowest BCUT2D eigenvalue weighted by molar-refractivity contribution is -0.139. The number of nitrogens with one attached hydrogen (secondary N) is 2. The number of anilines is 1. The van der Waals surface area contributed by atoms with Gasteiger partial charge in [0.1, 0.15) is 5.82 Å². The summed E-state index contributed by atoms with van der Waals surface area (Å²) in [6, 6.07) is 1.96. The molecule has 1 amide bonds. The molecule has 1 aromatic carbocycles. The van der Waals surface area contributed by atoms with Crippen LogP contribution in [0.5, 0.6) is 0 Å². The smallest absolute Gasteiger partial charge is 0.325 e. The Kier molecular flexibility index (Phi) is 3.25. The Labute approximate surface area is 100 Å². The van der Waals surface area contributed by atoms with Gasteiger partial charge in [0, 0.05) is 5.69 Å². The zero-order chi connectivity index (χ0) is 13.3. The topological polar surface area (TPSA) is 41.1 Å². The quantitative estimate of drug-likeness (QED) is 0.802. The monoisotopic (exact) mass is 262 g/mol. The number of benzene rings is 1. The second kappa shape index (κ2) is 4.56. The van der Waals surface area contributed by atoms with E-state index < -0.39 is 17.6 Å². The largest absolute Gasteiger partial charge is 0.419 e. The number of hydrogen-bond donors (Lipinski definition) is 2. The van der Waals surface area contributed by atoms with Crippen LogP contribution in [0.3, 0.4) is 0 Å². The Morgan fingerprint density at radius 3 is 2.50 bits per heavy atom. The second-order valence-electron chi connectivity index (χ2n) is 3.98. The summed E-state index contributed by atoms with van der Waals surface area (Å²) in [6.45, 7) is 0.722. The molecular formula is C11H10F4N2O. The van der Waals surface area contributed by atoms with Crippen LogP contribution in [-0.4, -0.2) is 18.5 Å². The van der Waals surface area contributed by atoms with E-state index in [0.717, 1.165) is 12.6 Å². The molecule has 0 spiro atoms. The van der Waals surface area contributed by atoms with Crippen molar-refractivity contribution in [1.82, 2.24) is 5.32 Å². The highest BCUT2D eigenvalue weighted by atomic mass is 19.4. The minimum absolute atomic E-state index is 0.0131. The normalized spacial score (nSPS) is 19.2. The number of amides is 1. The van der Waals surface area contributed by atoms with Crippen LogP contribution in [0.2, 0.25) is 0 Å². The average molecular weight is 262 g/mol. The van der Waals surface area contributed by atoms with E-state index in [0.29, 0.717) is 18.6 Å². The molecule has 0 aromatic heterocycles. The van der Waals surface area contributed by atoms with Crippen LogP contribution in [-0.2, 0) is 11.0 Å². The fourth-order valence-electron chi connectivity index (χ4n) is 1.56. The summed E-state index contributed by atoms with van der Waals surface area (Å²) in [4.78, 5) is 11.5. The van der Waals surface area contributed by atoms with E-state index in [1.54, 1.807) is 0 Å². The predicted molar refractivity (Wildman–Crippen MR) is 56.4 cm³/mol. The summed E-state index contributed by atoms with van der Waals surface area (Å²) in [7, 11) is 0. The Bertz CT molecular complexity index is 469. The molecule has 1 atom stereocenters. The first kappa shape index (κ1) is 12.8. The molecule has 1 heterocycles. The summed E-state index contributed by atoms with van der Waals surface area (Å²) >= 11 is 0. The van der Waals surface area contributed by atoms with Crippen molar-refractivity contribution >= 4 is 11.6 Å². The number of alkyl halides is 3. The van der Waals surface area contributed by atoms with Gasteiger partial charge in [-0.05, 0) is 31.2 Å². The maximum Gasteiger partial charge on any atom is 0.419 e. The number of halogens is 4. The second-order valence-corrected chi connectivity index (χ2v) is 3.98. The molecule has 0 aliphatic carbocycles. The van der Waals surface area contributed by atoms with Gasteiger partial charge in [-0.25, -0.2) is 4.39 Å². The summed E-state index contributed by atoms with van der Waals surface area (Å²) in [6.07, 6.45) is -4.07. The summed E-state index contributed by atoms with van der Waals surface area (Å²) < 4.78 is 50.1. The average Bonchev–Trinajstić information content (AvgIpc) is 2.11. The molecule has 1 saturated heterocycles. The molecule has 98 valence electrons. The number of hydrogen-bond acceptors (Lipinski definition) is 2. The Morgan fingerprint density at radius 2 is 2.06 bits per heavy atom. The standard InChI is InChI=1S/C11H10F4N2O/c12-8-5-6(1-2-7(8)11(13,14)15)17-10(18)9-3-4-16-9/h1-2,5,9,16H,3-4H2,(H,17,18)/t9-/m0/s1. The fraction of sp³-hybridized carbons (Fsp3) is 0.364. The lowest BCUT2D eigenvalue weighted by Gasteiger charge is -2.26. The van der Waals surface area contributed by atoms with Gasteiger partial charge >= 0.3 is 6.18 Å². The van der Waals surface area contributed by atoms with E-state index in [1.807, 2.05) is 0 Å². The van der Waals surface area contributed by atoms with Gasteiger partial charge in [0.15, 0.2) is 0 Å². The third-order valence-corrected chi connectivity index (χ3v) is 2.68. The number of rotatable bonds is 2. The van der Waals surface area contributed by atoms with Gasteiger partial charge in [0.2, 0.25) is 5.91 Å². The van der Waals surface area contributed by atoms with Crippen LogP contribution >= 0.6 is 0 Å². The Hall–Kier alpha value is -1.63. The first-order valence-electron chi connectivity index (χ1n) is 5.29. The van der Waals surface area contributed by atoms with Gasteiger partial charge < -0.3 is 10.6 Å². The first-order chi connectivity index (χ1) is 8.38. The third-order valence-electron chi connectivity index (χ3n) is 2.68. The molecule has 0 unspecified atom stereocenters. The highest BCUT2D eigenvalue weighted by Crippen LogP contribution is 2.32. The van der Waals surface area contributed by atoms with E-state index in [4.69, 9.17) is 0 Å². The minimum atomic E-state index is -4.73. The maximum atomic E-state index is 13.2. The molecule has 18 heavy (non-hydrogen) atoms. The molecule has 1 fully saturated rings. The van der Waals surface area contributed by atoms with Crippen molar-refractivity contribution in [3.63, 3.8) is 0 Å². The third kappa shape index (κ3) is 2.61. The van der Waals surface area contributed by atoms with Gasteiger partial charge in [-0.15, -0.1) is 0 Å². The molecule has 7 heteroatoms. The van der Waals surface area contributed by atoms with E-state index in [9.17, 15) is 22.4 Å². The lowest BCUT2D eigenvalue weighted by atomic mass is 10.1. The molecule has 1 aliphatic rings. The zero-order valence-electron chi connectivity index (χ0n) is 9.14. The zero-order valence-corrected chi connectivity index (χ0v) is 9.14. The van der Waals surface area contributed by atoms with Crippen LogP contribution < -0.4 is 10.6 Å². The Morgan fingerprint density at radius 1 is 1.39 bits per heavy atom. The Balaban J connectivity index is 2.11. The maximum absolute atomic E-state index is 13.2. The summed E-state index contributed by atoms with van der Waals surface area (Å²) in [5.41, 5.74) is -1.33. The summed E-state index contributed by atoms with van der Waals surface area (Å²) in [5, 5.41) is 5.18. The van der Waals surface area contributed by atoms with Crippen molar-refractivity contribution in [2.45, 2.75) is 18.6 Å². The van der Waals surface area contributed by atoms with Crippen LogP contribution in [0.1, 0.15) is 12.0 Å². The molecule has 2 rings (SSSR count). The minimum Gasteiger partial charge on any atom is -0.325 e. The molecule has 0 radical (unpaired) electrons. The lowest BCUT2D eigenvalue weighted by Crippen LogP contribution is -2.50. The molecule has 2 N–H and O–H groups in total. The SMILES string of the molecule is O=C(Nc1ccc(C(F)(F)F)c(F)c1)[C@@H]1CCN1. The highest BCUT2D eigenvalue weighted by molar-refractivity contribution is 5.95. The van der Waals surface area contributed by atoms with Gasteiger partial charge in [-0.1, -0.05) is 0 Å². The van der Waals surface area contributed by atoms with Crippen LogP contribution in [0.15, 0.2) is 18.2 Å². The van der Waals surface area contributed by atoms with Crippen molar-refractivity contribution < 1.29 is 22.4 Å². The molecule has 1 aliphatic heterocycles. The van der Waals surface area contributed by atoms with Crippen LogP contribution in [0, 0.1) is 5.82 Å². The van der Waals surface area contributed by atoms with Gasteiger partial charge in [-0.2, -0.15) is 13.2 Å². The number of carbonyl (C=O) groups excluding carboxylic acids is 1. The summed E-state index contributed by atoms with van der Waals surface area (Å²) in [5.74, 6) is -1.78. The molecule has 1 aromatic rings.